The average Bonchev–Trinajstić information content (AvgIpc) is 3.05. The van der Waals surface area contributed by atoms with Crippen LogP contribution in [-0.2, 0) is 11.3 Å². The van der Waals surface area contributed by atoms with Gasteiger partial charge >= 0.3 is 0 Å². The maximum atomic E-state index is 13.2. The second-order valence-corrected chi connectivity index (χ2v) is 5.91. The number of pyridine rings is 1. The number of aryl methyl sites for hydroxylation is 1. The van der Waals surface area contributed by atoms with Crippen molar-refractivity contribution in [3.8, 4) is 0 Å². The summed E-state index contributed by atoms with van der Waals surface area (Å²) < 4.78 is 14.8. The lowest BCUT2D eigenvalue weighted by atomic mass is 10.0. The van der Waals surface area contributed by atoms with E-state index in [1.807, 2.05) is 12.1 Å². The second-order valence-electron chi connectivity index (χ2n) is 5.48. The summed E-state index contributed by atoms with van der Waals surface area (Å²) >= 11 is 5.81. The van der Waals surface area contributed by atoms with Gasteiger partial charge < -0.3 is 5.32 Å². The zero-order valence-corrected chi connectivity index (χ0v) is 14.0. The van der Waals surface area contributed by atoms with E-state index in [0.717, 1.165) is 5.56 Å². The molecule has 0 fully saturated rings. The van der Waals surface area contributed by atoms with Gasteiger partial charge in [0.2, 0.25) is 5.91 Å². The molecule has 2 heterocycles. The van der Waals surface area contributed by atoms with E-state index in [0.29, 0.717) is 17.3 Å². The van der Waals surface area contributed by atoms with Crippen LogP contribution in [0.5, 0.6) is 0 Å². The molecule has 3 rings (SSSR count). The van der Waals surface area contributed by atoms with Gasteiger partial charge in [0, 0.05) is 25.4 Å². The highest BCUT2D eigenvalue weighted by atomic mass is 35.5. The average molecular weight is 359 g/mol. The normalized spacial score (nSPS) is 11.9. The molecule has 1 amide bonds. The van der Waals surface area contributed by atoms with E-state index in [1.54, 1.807) is 35.3 Å². The molecule has 25 heavy (non-hydrogen) atoms. The van der Waals surface area contributed by atoms with Gasteiger partial charge in [-0.3, -0.25) is 14.5 Å². The molecule has 0 aliphatic heterocycles. The van der Waals surface area contributed by atoms with Crippen LogP contribution in [0.3, 0.4) is 0 Å². The third-order valence-electron chi connectivity index (χ3n) is 3.66. The first-order valence-electron chi connectivity index (χ1n) is 7.75. The van der Waals surface area contributed by atoms with Crippen LogP contribution in [0.2, 0.25) is 5.02 Å². The van der Waals surface area contributed by atoms with E-state index in [4.69, 9.17) is 11.6 Å². The molecule has 0 radical (unpaired) electrons. The number of hydrogen-bond donors (Lipinski definition) is 1. The zero-order valence-electron chi connectivity index (χ0n) is 13.3. The Balaban J connectivity index is 1.73. The van der Waals surface area contributed by atoms with E-state index in [1.165, 1.54) is 18.3 Å². The fraction of sp³-hybridized carbons (Fsp3) is 0.167. The minimum Gasteiger partial charge on any atom is -0.344 e. The summed E-state index contributed by atoms with van der Waals surface area (Å²) in [6, 6.07) is 11.0. The third kappa shape index (κ3) is 4.64. The number of nitrogens with one attached hydrogen (secondary N) is 1. The van der Waals surface area contributed by atoms with E-state index in [9.17, 15) is 9.18 Å². The van der Waals surface area contributed by atoms with Crippen molar-refractivity contribution in [2.24, 2.45) is 0 Å². The minimum atomic E-state index is -0.449. The summed E-state index contributed by atoms with van der Waals surface area (Å²) in [6.07, 6.45) is 5.08. The SMILES string of the molecule is O=C(CCn1cc(Cl)cn1)NC(c1ccc(F)cc1)c1ccccn1. The first kappa shape index (κ1) is 17.1. The number of aromatic nitrogens is 3. The van der Waals surface area contributed by atoms with Gasteiger partial charge in [0.15, 0.2) is 0 Å². The summed E-state index contributed by atoms with van der Waals surface area (Å²) in [4.78, 5) is 16.7. The first-order valence-corrected chi connectivity index (χ1v) is 8.13. The van der Waals surface area contributed by atoms with E-state index in [2.05, 4.69) is 15.4 Å². The highest BCUT2D eigenvalue weighted by Crippen LogP contribution is 2.20. The Morgan fingerprint density at radius 1 is 1.24 bits per heavy atom. The standard InChI is InChI=1S/C18H16ClFN4O/c19-14-11-22-24(12-14)10-8-17(25)23-18(16-3-1-2-9-21-16)13-4-6-15(20)7-5-13/h1-7,9,11-12,18H,8,10H2,(H,23,25). The third-order valence-corrected chi connectivity index (χ3v) is 3.86. The number of hydrogen-bond acceptors (Lipinski definition) is 3. The number of benzene rings is 1. The van der Waals surface area contributed by atoms with Crippen molar-refractivity contribution in [3.05, 3.63) is 83.2 Å². The molecule has 3 aromatic rings. The smallest absolute Gasteiger partial charge is 0.222 e. The number of nitrogens with zero attached hydrogens (tertiary/aromatic N) is 3. The van der Waals surface area contributed by atoms with Crippen molar-refractivity contribution in [1.82, 2.24) is 20.1 Å². The Morgan fingerprint density at radius 3 is 2.68 bits per heavy atom. The lowest BCUT2D eigenvalue weighted by Gasteiger charge is -2.19. The summed E-state index contributed by atoms with van der Waals surface area (Å²) in [7, 11) is 0. The molecule has 128 valence electrons. The van der Waals surface area contributed by atoms with Gasteiger partial charge in [-0.1, -0.05) is 29.8 Å². The zero-order chi connectivity index (χ0) is 17.6. The molecule has 1 atom stereocenters. The topological polar surface area (TPSA) is 59.8 Å². The van der Waals surface area contributed by atoms with Gasteiger partial charge in [-0.15, -0.1) is 0 Å². The van der Waals surface area contributed by atoms with Crippen molar-refractivity contribution in [2.45, 2.75) is 19.0 Å². The van der Waals surface area contributed by atoms with Gasteiger partial charge in [0.1, 0.15) is 5.82 Å². The molecular formula is C18H16ClFN4O. The van der Waals surface area contributed by atoms with Crippen molar-refractivity contribution in [1.29, 1.82) is 0 Å². The molecule has 0 spiro atoms. The fourth-order valence-electron chi connectivity index (χ4n) is 2.44. The van der Waals surface area contributed by atoms with Crippen LogP contribution in [0.4, 0.5) is 4.39 Å². The molecule has 0 saturated heterocycles. The maximum absolute atomic E-state index is 13.2. The summed E-state index contributed by atoms with van der Waals surface area (Å²) in [6.45, 7) is 0.414. The molecule has 1 unspecified atom stereocenters. The summed E-state index contributed by atoms with van der Waals surface area (Å²) in [5, 5.41) is 7.52. The number of carbonyl (C=O) groups excluding carboxylic acids is 1. The van der Waals surface area contributed by atoms with Gasteiger partial charge in [0.25, 0.3) is 0 Å². The lowest BCUT2D eigenvalue weighted by Crippen LogP contribution is -2.30. The van der Waals surface area contributed by atoms with Crippen LogP contribution in [0.15, 0.2) is 61.1 Å². The van der Waals surface area contributed by atoms with Crippen molar-refractivity contribution >= 4 is 17.5 Å². The summed E-state index contributed by atoms with van der Waals surface area (Å²) in [5.41, 5.74) is 1.44. The molecular weight excluding hydrogens is 343 g/mol. The molecule has 0 bridgehead atoms. The van der Waals surface area contributed by atoms with E-state index in [-0.39, 0.29) is 18.1 Å². The number of carbonyl (C=O) groups is 1. The Hall–Kier alpha value is -2.73. The van der Waals surface area contributed by atoms with Crippen LogP contribution >= 0.6 is 11.6 Å². The van der Waals surface area contributed by atoms with Gasteiger partial charge in [0.05, 0.1) is 23.0 Å². The molecule has 0 saturated carbocycles. The van der Waals surface area contributed by atoms with Crippen molar-refractivity contribution in [2.75, 3.05) is 0 Å². The molecule has 0 aliphatic rings. The number of amides is 1. The van der Waals surface area contributed by atoms with E-state index >= 15 is 0 Å². The Kier molecular flexibility index (Phi) is 5.40. The first-order chi connectivity index (χ1) is 12.1. The monoisotopic (exact) mass is 358 g/mol. The lowest BCUT2D eigenvalue weighted by molar-refractivity contribution is -0.121. The highest BCUT2D eigenvalue weighted by molar-refractivity contribution is 6.30. The highest BCUT2D eigenvalue weighted by Gasteiger charge is 2.18. The molecule has 1 N–H and O–H groups in total. The van der Waals surface area contributed by atoms with Crippen LogP contribution in [0, 0.1) is 5.82 Å². The molecule has 1 aromatic carbocycles. The maximum Gasteiger partial charge on any atom is 0.222 e. The predicted molar refractivity (Wildman–Crippen MR) is 92.5 cm³/mol. The van der Waals surface area contributed by atoms with Gasteiger partial charge in [-0.05, 0) is 29.8 Å². The molecule has 2 aromatic heterocycles. The quantitative estimate of drug-likeness (QED) is 0.735. The molecule has 0 aliphatic carbocycles. The second kappa shape index (κ2) is 7.90. The van der Waals surface area contributed by atoms with Crippen molar-refractivity contribution < 1.29 is 9.18 Å². The number of rotatable bonds is 6. The fourth-order valence-corrected chi connectivity index (χ4v) is 2.60. The Morgan fingerprint density at radius 2 is 2.04 bits per heavy atom. The van der Waals surface area contributed by atoms with Crippen LogP contribution in [-0.4, -0.2) is 20.7 Å². The molecule has 5 nitrogen and oxygen atoms in total. The van der Waals surface area contributed by atoms with Gasteiger partial charge in [-0.2, -0.15) is 5.10 Å². The van der Waals surface area contributed by atoms with Gasteiger partial charge in [-0.25, -0.2) is 4.39 Å². The largest absolute Gasteiger partial charge is 0.344 e. The minimum absolute atomic E-state index is 0.161. The van der Waals surface area contributed by atoms with Crippen LogP contribution in [0.25, 0.3) is 0 Å². The summed E-state index contributed by atoms with van der Waals surface area (Å²) in [5.74, 6) is -0.489. The Bertz CT molecular complexity index is 836. The molecule has 7 heteroatoms. The van der Waals surface area contributed by atoms with Crippen LogP contribution in [0.1, 0.15) is 23.7 Å². The van der Waals surface area contributed by atoms with Crippen LogP contribution < -0.4 is 5.32 Å². The van der Waals surface area contributed by atoms with Crippen molar-refractivity contribution in [3.63, 3.8) is 0 Å². The number of halogens is 2. The van der Waals surface area contributed by atoms with E-state index < -0.39 is 6.04 Å². The Labute approximate surface area is 149 Å². The predicted octanol–water partition coefficient (Wildman–Crippen LogP) is 3.37.